The van der Waals surface area contributed by atoms with Crippen LogP contribution < -0.4 is 0 Å². The lowest BCUT2D eigenvalue weighted by Crippen LogP contribution is -2.22. The van der Waals surface area contributed by atoms with E-state index < -0.39 is 34.2 Å². The van der Waals surface area contributed by atoms with Gasteiger partial charge in [-0.2, -0.15) is 18.3 Å². The molecule has 0 aliphatic rings. The van der Waals surface area contributed by atoms with E-state index in [0.29, 0.717) is 12.6 Å². The number of benzene rings is 1. The minimum atomic E-state index is -4.78. The average Bonchev–Trinajstić information content (AvgIpc) is 3.34. The van der Waals surface area contributed by atoms with Gasteiger partial charge in [-0.05, 0) is 32.3 Å². The average molecular weight is 487 g/mol. The van der Waals surface area contributed by atoms with Crippen LogP contribution in [-0.4, -0.2) is 72.8 Å². The number of sulfone groups is 1. The second-order valence-electron chi connectivity index (χ2n) is 7.31. The smallest absolute Gasteiger partial charge is 0.435 e. The molecule has 0 aliphatic heterocycles. The highest BCUT2D eigenvalue weighted by molar-refractivity contribution is 7.90. The zero-order chi connectivity index (χ0) is 24.4. The molecular weight excluding hydrogens is 467 g/mol. The summed E-state index contributed by atoms with van der Waals surface area (Å²) in [5, 5.41) is 11.0. The van der Waals surface area contributed by atoms with E-state index in [9.17, 15) is 26.4 Å². The molecule has 0 fully saturated rings. The van der Waals surface area contributed by atoms with Crippen molar-refractivity contribution in [2.45, 2.75) is 17.6 Å². The van der Waals surface area contributed by atoms with Gasteiger partial charge in [0.15, 0.2) is 15.5 Å². The first-order chi connectivity index (χ1) is 15.3. The van der Waals surface area contributed by atoms with Crippen molar-refractivity contribution in [2.24, 2.45) is 0 Å². The second-order valence-corrected chi connectivity index (χ2v) is 9.32. The normalized spacial score (nSPS) is 12.3. The van der Waals surface area contributed by atoms with E-state index in [4.69, 9.17) is 9.15 Å². The van der Waals surface area contributed by atoms with Crippen LogP contribution >= 0.6 is 0 Å². The fourth-order valence-corrected chi connectivity index (χ4v) is 3.33. The van der Waals surface area contributed by atoms with Gasteiger partial charge in [-0.15, -0.1) is 10.2 Å². The molecule has 14 heteroatoms. The Kier molecular flexibility index (Phi) is 6.88. The quantitative estimate of drug-likeness (QED) is 0.440. The summed E-state index contributed by atoms with van der Waals surface area (Å²) in [6, 6.07) is 6.32. The van der Waals surface area contributed by atoms with Crippen molar-refractivity contribution in [1.29, 1.82) is 0 Å². The molecule has 0 unspecified atom stereocenters. The van der Waals surface area contributed by atoms with Crippen LogP contribution in [0, 0.1) is 0 Å². The van der Waals surface area contributed by atoms with Crippen LogP contribution in [0.5, 0.6) is 0 Å². The van der Waals surface area contributed by atoms with E-state index in [-0.39, 0.29) is 34.5 Å². The maximum absolute atomic E-state index is 13.2. The van der Waals surface area contributed by atoms with Gasteiger partial charge in [-0.25, -0.2) is 13.1 Å². The number of hydrogen-bond donors (Lipinski definition) is 0. The van der Waals surface area contributed by atoms with Crippen LogP contribution in [0.1, 0.15) is 5.69 Å². The summed E-state index contributed by atoms with van der Waals surface area (Å²) in [6.07, 6.45) is -3.75. The Morgan fingerprint density at radius 2 is 1.88 bits per heavy atom. The van der Waals surface area contributed by atoms with E-state index in [1.54, 1.807) is 19.0 Å². The van der Waals surface area contributed by atoms with Crippen molar-refractivity contribution in [2.75, 3.05) is 33.5 Å². The molecule has 178 valence electrons. The van der Waals surface area contributed by atoms with Crippen LogP contribution in [0.15, 0.2) is 39.6 Å². The number of likely N-dealkylation sites (N-methyl/N-ethyl adjacent to an activating group) is 1. The Bertz CT molecular complexity index is 1250. The molecule has 0 N–H and O–H groups in total. The fraction of sp³-hybridized carbons (Fsp3) is 0.368. The number of nitrogens with zero attached hydrogens (tertiary/aromatic N) is 5. The predicted octanol–water partition coefficient (Wildman–Crippen LogP) is 2.13. The predicted molar refractivity (Wildman–Crippen MR) is 109 cm³/mol. The van der Waals surface area contributed by atoms with Crippen molar-refractivity contribution in [3.05, 3.63) is 36.0 Å². The van der Waals surface area contributed by atoms with Crippen molar-refractivity contribution in [1.82, 2.24) is 24.9 Å². The van der Waals surface area contributed by atoms with Gasteiger partial charge in [-0.1, -0.05) is 6.07 Å². The summed E-state index contributed by atoms with van der Waals surface area (Å²) in [5.41, 5.74) is -1.25. The molecule has 0 radical (unpaired) electrons. The number of carbonyl (C=O) groups excluding carboxylic acids is 1. The number of halogens is 3. The lowest BCUT2D eigenvalue weighted by molar-refractivity contribution is -0.146. The third kappa shape index (κ3) is 6.16. The fourth-order valence-electron chi connectivity index (χ4n) is 2.66. The van der Waals surface area contributed by atoms with Crippen LogP contribution in [-0.2, 0) is 32.1 Å². The maximum atomic E-state index is 13.2. The Labute approximate surface area is 186 Å². The van der Waals surface area contributed by atoms with E-state index in [1.165, 1.54) is 24.3 Å². The number of esters is 1. The molecule has 3 rings (SSSR count). The van der Waals surface area contributed by atoms with Gasteiger partial charge in [-0.3, -0.25) is 4.79 Å². The topological polar surface area (TPSA) is 120 Å². The van der Waals surface area contributed by atoms with Crippen LogP contribution in [0.2, 0.25) is 0 Å². The molecule has 0 bridgehead atoms. The summed E-state index contributed by atoms with van der Waals surface area (Å²) in [6.45, 7) is -0.124. The minimum Gasteiger partial charge on any atom is -0.463 e. The maximum Gasteiger partial charge on any atom is 0.435 e. The molecule has 3 aromatic rings. The van der Waals surface area contributed by atoms with E-state index in [1.807, 2.05) is 0 Å². The van der Waals surface area contributed by atoms with Gasteiger partial charge < -0.3 is 14.1 Å². The second kappa shape index (κ2) is 9.31. The molecule has 33 heavy (non-hydrogen) atoms. The Hall–Kier alpha value is -3.26. The first-order valence-corrected chi connectivity index (χ1v) is 11.3. The van der Waals surface area contributed by atoms with E-state index >= 15 is 0 Å². The molecular formula is C19H20F3N5O5S. The van der Waals surface area contributed by atoms with Crippen molar-refractivity contribution in [3.63, 3.8) is 0 Å². The number of hydrogen-bond acceptors (Lipinski definition) is 9. The monoisotopic (exact) mass is 487 g/mol. The molecule has 0 spiro atoms. The SMILES string of the molecule is CN(C)CCOC(=O)Cn1nc(C(F)(F)F)cc1-c1nnc(-c2cccc(S(C)(=O)=O)c2)o1. The Balaban J connectivity index is 1.92. The lowest BCUT2D eigenvalue weighted by Gasteiger charge is -2.10. The van der Waals surface area contributed by atoms with Crippen LogP contribution in [0.25, 0.3) is 23.0 Å². The van der Waals surface area contributed by atoms with Gasteiger partial charge in [0.25, 0.3) is 5.89 Å². The minimum absolute atomic E-state index is 0.00428. The molecule has 0 atom stereocenters. The first kappa shape index (κ1) is 24.4. The number of aromatic nitrogens is 4. The Morgan fingerprint density at radius 3 is 2.52 bits per heavy atom. The number of rotatable bonds is 8. The molecule has 10 nitrogen and oxygen atoms in total. The van der Waals surface area contributed by atoms with Crippen LogP contribution in [0.4, 0.5) is 13.2 Å². The highest BCUT2D eigenvalue weighted by atomic mass is 32.2. The van der Waals surface area contributed by atoms with Gasteiger partial charge >= 0.3 is 12.1 Å². The zero-order valence-corrected chi connectivity index (χ0v) is 18.6. The molecule has 2 heterocycles. The summed E-state index contributed by atoms with van der Waals surface area (Å²) in [5.74, 6) is -1.25. The summed E-state index contributed by atoms with van der Waals surface area (Å²) < 4.78 is 74.5. The zero-order valence-electron chi connectivity index (χ0n) is 17.8. The third-order valence-electron chi connectivity index (χ3n) is 4.30. The van der Waals surface area contributed by atoms with Gasteiger partial charge in [0.2, 0.25) is 5.89 Å². The van der Waals surface area contributed by atoms with Gasteiger partial charge in [0, 0.05) is 24.4 Å². The Morgan fingerprint density at radius 1 is 1.18 bits per heavy atom. The first-order valence-electron chi connectivity index (χ1n) is 9.44. The van der Waals surface area contributed by atoms with E-state index in [2.05, 4.69) is 15.3 Å². The molecule has 1 aromatic carbocycles. The third-order valence-corrected chi connectivity index (χ3v) is 5.41. The molecule has 0 saturated heterocycles. The number of ether oxygens (including phenoxy) is 1. The standard InChI is InChI=1S/C19H20F3N5O5S/c1-26(2)7-8-31-16(28)11-27-14(10-15(25-27)19(20,21)22)18-24-23-17(32-18)12-5-4-6-13(9-12)33(3,29)30/h4-6,9-10H,7-8,11H2,1-3H3. The van der Waals surface area contributed by atoms with Crippen molar-refractivity contribution >= 4 is 15.8 Å². The summed E-state index contributed by atoms with van der Waals surface area (Å²) >= 11 is 0. The summed E-state index contributed by atoms with van der Waals surface area (Å²) in [4.78, 5) is 13.9. The number of alkyl halides is 3. The van der Waals surface area contributed by atoms with Gasteiger partial charge in [0.05, 0.1) is 4.90 Å². The highest BCUT2D eigenvalue weighted by Crippen LogP contribution is 2.32. The van der Waals surface area contributed by atoms with Crippen LogP contribution in [0.3, 0.4) is 0 Å². The molecule has 0 saturated carbocycles. The molecule has 0 amide bonds. The lowest BCUT2D eigenvalue weighted by atomic mass is 10.2. The molecule has 2 aromatic heterocycles. The largest absolute Gasteiger partial charge is 0.463 e. The molecule has 0 aliphatic carbocycles. The number of carbonyl (C=O) groups is 1. The van der Waals surface area contributed by atoms with Gasteiger partial charge in [0.1, 0.15) is 18.8 Å². The highest BCUT2D eigenvalue weighted by Gasteiger charge is 2.36. The summed E-state index contributed by atoms with van der Waals surface area (Å²) in [7, 11) is 0.0348. The van der Waals surface area contributed by atoms with E-state index in [0.717, 1.165) is 10.9 Å². The van der Waals surface area contributed by atoms with Crippen molar-refractivity contribution in [3.8, 4) is 23.0 Å². The van der Waals surface area contributed by atoms with Crippen molar-refractivity contribution < 1.29 is 35.5 Å².